The molecule has 0 aliphatic rings. The van der Waals surface area contributed by atoms with E-state index in [1.54, 1.807) is 6.26 Å². The highest BCUT2D eigenvalue weighted by Crippen LogP contribution is 2.19. The lowest BCUT2D eigenvalue weighted by Gasteiger charge is -1.98. The SMILES string of the molecule is CCCCCCCc1ccoc1Cl. The lowest BCUT2D eigenvalue weighted by molar-refractivity contribution is 0.563. The van der Waals surface area contributed by atoms with Crippen molar-refractivity contribution in [2.24, 2.45) is 0 Å². The fraction of sp³-hybridized carbons (Fsp3) is 0.636. The van der Waals surface area contributed by atoms with Crippen molar-refractivity contribution in [3.8, 4) is 0 Å². The van der Waals surface area contributed by atoms with Crippen LogP contribution in [0.3, 0.4) is 0 Å². The van der Waals surface area contributed by atoms with Gasteiger partial charge < -0.3 is 4.42 Å². The van der Waals surface area contributed by atoms with Crippen molar-refractivity contribution in [3.05, 3.63) is 23.1 Å². The first kappa shape index (κ1) is 10.6. The molecule has 0 aliphatic carbocycles. The van der Waals surface area contributed by atoms with Gasteiger partial charge in [0.25, 0.3) is 0 Å². The molecule has 1 rings (SSSR count). The first-order valence-electron chi connectivity index (χ1n) is 5.06. The smallest absolute Gasteiger partial charge is 0.196 e. The molecule has 13 heavy (non-hydrogen) atoms. The van der Waals surface area contributed by atoms with Crippen molar-refractivity contribution in [3.63, 3.8) is 0 Å². The van der Waals surface area contributed by atoms with E-state index in [-0.39, 0.29) is 0 Å². The number of hydrogen-bond donors (Lipinski definition) is 0. The van der Waals surface area contributed by atoms with Crippen molar-refractivity contribution in [1.82, 2.24) is 0 Å². The third kappa shape index (κ3) is 3.86. The largest absolute Gasteiger partial charge is 0.453 e. The molecule has 0 bridgehead atoms. The van der Waals surface area contributed by atoms with Crippen molar-refractivity contribution < 1.29 is 4.42 Å². The van der Waals surface area contributed by atoms with E-state index in [4.69, 9.17) is 16.0 Å². The fourth-order valence-corrected chi connectivity index (χ4v) is 1.63. The molecule has 0 aromatic carbocycles. The van der Waals surface area contributed by atoms with Crippen LogP contribution in [0.15, 0.2) is 16.7 Å². The van der Waals surface area contributed by atoms with Gasteiger partial charge in [-0.25, -0.2) is 0 Å². The molecule has 1 nitrogen and oxygen atoms in total. The van der Waals surface area contributed by atoms with Crippen LogP contribution in [0.25, 0.3) is 0 Å². The molecule has 1 aromatic heterocycles. The number of rotatable bonds is 6. The third-order valence-corrected chi connectivity index (χ3v) is 2.57. The number of hydrogen-bond acceptors (Lipinski definition) is 1. The minimum absolute atomic E-state index is 0.565. The van der Waals surface area contributed by atoms with Crippen LogP contribution in [0.2, 0.25) is 5.22 Å². The van der Waals surface area contributed by atoms with Gasteiger partial charge in [-0.05, 0) is 30.5 Å². The standard InChI is InChI=1S/C11H17ClO/c1-2-3-4-5-6-7-10-8-9-13-11(10)12/h8-9H,2-7H2,1H3. The minimum atomic E-state index is 0.565. The molecule has 0 aliphatic heterocycles. The zero-order valence-corrected chi connectivity index (χ0v) is 8.94. The van der Waals surface area contributed by atoms with Crippen molar-refractivity contribution in [2.75, 3.05) is 0 Å². The van der Waals surface area contributed by atoms with E-state index in [0.29, 0.717) is 5.22 Å². The molecule has 0 fully saturated rings. The molecule has 0 saturated heterocycles. The molecular weight excluding hydrogens is 184 g/mol. The van der Waals surface area contributed by atoms with Gasteiger partial charge in [-0.2, -0.15) is 0 Å². The highest BCUT2D eigenvalue weighted by Gasteiger charge is 2.01. The maximum Gasteiger partial charge on any atom is 0.196 e. The van der Waals surface area contributed by atoms with Gasteiger partial charge in [0.05, 0.1) is 6.26 Å². The summed E-state index contributed by atoms with van der Waals surface area (Å²) in [6, 6.07) is 1.96. The normalized spacial score (nSPS) is 10.6. The van der Waals surface area contributed by atoms with E-state index < -0.39 is 0 Å². The van der Waals surface area contributed by atoms with Crippen LogP contribution in [-0.2, 0) is 6.42 Å². The first-order chi connectivity index (χ1) is 6.34. The summed E-state index contributed by atoms with van der Waals surface area (Å²) in [6.45, 7) is 2.23. The number of unbranched alkanes of at least 4 members (excludes halogenated alkanes) is 4. The summed E-state index contributed by atoms with van der Waals surface area (Å²) in [5.74, 6) is 0. The van der Waals surface area contributed by atoms with E-state index in [9.17, 15) is 0 Å². The second-order valence-corrected chi connectivity index (χ2v) is 3.73. The molecule has 0 unspecified atom stereocenters. The van der Waals surface area contributed by atoms with Gasteiger partial charge in [0.2, 0.25) is 0 Å². The zero-order chi connectivity index (χ0) is 9.52. The highest BCUT2D eigenvalue weighted by molar-refractivity contribution is 6.29. The minimum Gasteiger partial charge on any atom is -0.453 e. The Balaban J connectivity index is 2.10. The lowest BCUT2D eigenvalue weighted by Crippen LogP contribution is -1.83. The summed E-state index contributed by atoms with van der Waals surface area (Å²) in [5.41, 5.74) is 1.15. The van der Waals surface area contributed by atoms with Crippen LogP contribution in [0.5, 0.6) is 0 Å². The molecule has 0 atom stereocenters. The third-order valence-electron chi connectivity index (χ3n) is 2.24. The van der Waals surface area contributed by atoms with Crippen LogP contribution in [0, 0.1) is 0 Å². The Morgan fingerprint density at radius 3 is 2.62 bits per heavy atom. The van der Waals surface area contributed by atoms with Crippen LogP contribution < -0.4 is 0 Å². The lowest BCUT2D eigenvalue weighted by atomic mass is 10.1. The van der Waals surface area contributed by atoms with Crippen LogP contribution in [-0.4, -0.2) is 0 Å². The molecule has 2 heteroatoms. The first-order valence-corrected chi connectivity index (χ1v) is 5.44. The zero-order valence-electron chi connectivity index (χ0n) is 8.18. The topological polar surface area (TPSA) is 13.1 Å². The van der Waals surface area contributed by atoms with E-state index in [0.717, 1.165) is 12.0 Å². The van der Waals surface area contributed by atoms with Gasteiger partial charge in [-0.1, -0.05) is 32.6 Å². The van der Waals surface area contributed by atoms with E-state index in [1.165, 1.54) is 32.1 Å². The fourth-order valence-electron chi connectivity index (χ4n) is 1.42. The van der Waals surface area contributed by atoms with E-state index in [2.05, 4.69) is 6.92 Å². The van der Waals surface area contributed by atoms with Gasteiger partial charge in [-0.3, -0.25) is 0 Å². The van der Waals surface area contributed by atoms with E-state index >= 15 is 0 Å². The molecule has 74 valence electrons. The monoisotopic (exact) mass is 200 g/mol. The van der Waals surface area contributed by atoms with Gasteiger partial charge >= 0.3 is 0 Å². The second kappa shape index (κ2) is 6.09. The van der Waals surface area contributed by atoms with Crippen molar-refractivity contribution in [2.45, 2.75) is 45.4 Å². The predicted octanol–water partition coefficient (Wildman–Crippen LogP) is 4.45. The molecular formula is C11H17ClO. The summed E-state index contributed by atoms with van der Waals surface area (Å²) in [4.78, 5) is 0. The average Bonchev–Trinajstić information content (AvgIpc) is 2.52. The Morgan fingerprint density at radius 1 is 1.23 bits per heavy atom. The second-order valence-electron chi connectivity index (χ2n) is 3.38. The predicted molar refractivity (Wildman–Crippen MR) is 56.2 cm³/mol. The van der Waals surface area contributed by atoms with Gasteiger partial charge in [0.15, 0.2) is 5.22 Å². The van der Waals surface area contributed by atoms with Gasteiger partial charge in [-0.15, -0.1) is 0 Å². The van der Waals surface area contributed by atoms with Crippen molar-refractivity contribution >= 4 is 11.6 Å². The molecule has 1 heterocycles. The van der Waals surface area contributed by atoms with E-state index in [1.807, 2.05) is 6.07 Å². The Hall–Kier alpha value is -0.430. The maximum atomic E-state index is 5.81. The molecule has 1 aromatic rings. The van der Waals surface area contributed by atoms with Gasteiger partial charge in [0, 0.05) is 5.56 Å². The number of halogens is 1. The highest BCUT2D eigenvalue weighted by atomic mass is 35.5. The maximum absolute atomic E-state index is 5.81. The van der Waals surface area contributed by atoms with Crippen LogP contribution >= 0.6 is 11.6 Å². The Bertz CT molecular complexity index is 230. The molecule has 0 spiro atoms. The Morgan fingerprint density at radius 2 is 2.00 bits per heavy atom. The summed E-state index contributed by atoms with van der Waals surface area (Å²) in [7, 11) is 0. The van der Waals surface area contributed by atoms with Crippen LogP contribution in [0.4, 0.5) is 0 Å². The molecule has 0 saturated carbocycles. The summed E-state index contributed by atoms with van der Waals surface area (Å²) in [6.07, 6.45) is 9.22. The summed E-state index contributed by atoms with van der Waals surface area (Å²) < 4.78 is 5.01. The molecule has 0 amide bonds. The Kier molecular flexibility index (Phi) is 4.99. The van der Waals surface area contributed by atoms with Crippen LogP contribution in [0.1, 0.15) is 44.6 Å². The Labute approximate surface area is 85.1 Å². The summed E-state index contributed by atoms with van der Waals surface area (Å²) in [5, 5.41) is 0.565. The number of furan rings is 1. The molecule has 0 N–H and O–H groups in total. The average molecular weight is 201 g/mol. The summed E-state index contributed by atoms with van der Waals surface area (Å²) >= 11 is 5.81. The number of aryl methyl sites for hydroxylation is 1. The molecule has 0 radical (unpaired) electrons. The van der Waals surface area contributed by atoms with Gasteiger partial charge in [0.1, 0.15) is 0 Å². The van der Waals surface area contributed by atoms with Crippen molar-refractivity contribution in [1.29, 1.82) is 0 Å². The quantitative estimate of drug-likeness (QED) is 0.619.